The highest BCUT2D eigenvalue weighted by Crippen LogP contribution is 2.31. The van der Waals surface area contributed by atoms with Crippen molar-refractivity contribution >= 4 is 27.4 Å². The lowest BCUT2D eigenvalue weighted by Crippen LogP contribution is -2.43. The Hall–Kier alpha value is -2.94. The number of anilines is 1. The monoisotopic (exact) mass is 378 g/mol. The van der Waals surface area contributed by atoms with E-state index in [4.69, 9.17) is 0 Å². The first kappa shape index (κ1) is 19.4. The fraction of sp³-hybridized carbons (Fsp3) is 0.235. The summed E-state index contributed by atoms with van der Waals surface area (Å²) in [6.45, 7) is 4.75. The van der Waals surface area contributed by atoms with E-state index in [-0.39, 0.29) is 10.6 Å². The molecule has 1 atom stereocenters. The molecule has 138 valence electrons. The van der Waals surface area contributed by atoms with Gasteiger partial charge in [-0.25, -0.2) is 13.2 Å². The van der Waals surface area contributed by atoms with Gasteiger partial charge >= 0.3 is 5.97 Å². The highest BCUT2D eigenvalue weighted by Gasteiger charge is 2.34. The van der Waals surface area contributed by atoms with E-state index in [0.717, 1.165) is 15.9 Å². The Morgan fingerprint density at radius 3 is 2.38 bits per heavy atom. The second-order valence-electron chi connectivity index (χ2n) is 5.86. The zero-order chi connectivity index (χ0) is 19.6. The third kappa shape index (κ3) is 3.67. The van der Waals surface area contributed by atoms with Gasteiger partial charge in [-0.15, -0.1) is 0 Å². The van der Waals surface area contributed by atoms with Gasteiger partial charge in [0.25, 0.3) is 15.7 Å². The van der Waals surface area contributed by atoms with Crippen LogP contribution in [0.3, 0.4) is 0 Å². The minimum atomic E-state index is -4.34. The number of hydrogen-bond donors (Lipinski definition) is 1. The number of carboxylic acid groups (broad SMARTS) is 1. The van der Waals surface area contributed by atoms with Gasteiger partial charge in [0.2, 0.25) is 0 Å². The molecule has 8 nitrogen and oxygen atoms in total. The molecule has 0 aliphatic heterocycles. The van der Waals surface area contributed by atoms with Gasteiger partial charge in [0, 0.05) is 12.1 Å². The second kappa shape index (κ2) is 7.12. The first-order valence-corrected chi connectivity index (χ1v) is 9.08. The van der Waals surface area contributed by atoms with Crippen LogP contribution in [0.1, 0.15) is 18.1 Å². The van der Waals surface area contributed by atoms with Crippen molar-refractivity contribution in [3.63, 3.8) is 0 Å². The maximum atomic E-state index is 13.1. The average molecular weight is 378 g/mol. The van der Waals surface area contributed by atoms with Crippen molar-refractivity contribution in [3.8, 4) is 0 Å². The SMILES string of the molecule is Cc1ccc(N(C(C)C(=O)O)S(=O)(=O)c2cccc([N+](=O)[O-])c2)c(C)c1. The van der Waals surface area contributed by atoms with Crippen LogP contribution in [-0.2, 0) is 14.8 Å². The lowest BCUT2D eigenvalue weighted by molar-refractivity contribution is -0.385. The molecule has 2 aromatic carbocycles. The molecule has 0 saturated heterocycles. The number of nitrogens with zero attached hydrogens (tertiary/aromatic N) is 2. The molecular weight excluding hydrogens is 360 g/mol. The van der Waals surface area contributed by atoms with Crippen LogP contribution in [0, 0.1) is 24.0 Å². The van der Waals surface area contributed by atoms with Crippen LogP contribution in [0.15, 0.2) is 47.4 Å². The number of carbonyl (C=O) groups is 1. The molecular formula is C17H18N2O6S. The van der Waals surface area contributed by atoms with Crippen molar-refractivity contribution in [1.29, 1.82) is 0 Å². The van der Waals surface area contributed by atoms with Gasteiger partial charge in [-0.3, -0.25) is 14.4 Å². The lowest BCUT2D eigenvalue weighted by atomic mass is 10.1. The van der Waals surface area contributed by atoms with Crippen molar-refractivity contribution in [2.75, 3.05) is 4.31 Å². The van der Waals surface area contributed by atoms with E-state index < -0.39 is 32.6 Å². The van der Waals surface area contributed by atoms with Gasteiger partial charge in [0.1, 0.15) is 6.04 Å². The van der Waals surface area contributed by atoms with Gasteiger partial charge in [-0.2, -0.15) is 0 Å². The predicted molar refractivity (Wildman–Crippen MR) is 95.8 cm³/mol. The van der Waals surface area contributed by atoms with Crippen molar-refractivity contribution in [3.05, 3.63) is 63.7 Å². The van der Waals surface area contributed by atoms with Crippen molar-refractivity contribution < 1.29 is 23.2 Å². The van der Waals surface area contributed by atoms with Crippen molar-refractivity contribution in [2.24, 2.45) is 0 Å². The van der Waals surface area contributed by atoms with Crippen LogP contribution in [0.2, 0.25) is 0 Å². The number of aryl methyl sites for hydroxylation is 2. The number of nitro groups is 1. The number of nitro benzene ring substituents is 1. The summed E-state index contributed by atoms with van der Waals surface area (Å²) in [5, 5.41) is 20.4. The molecule has 0 amide bonds. The molecule has 2 aromatic rings. The molecule has 0 saturated carbocycles. The Morgan fingerprint density at radius 1 is 1.19 bits per heavy atom. The van der Waals surface area contributed by atoms with Gasteiger partial charge in [-0.1, -0.05) is 23.8 Å². The molecule has 0 spiro atoms. The van der Waals surface area contributed by atoms with Crippen LogP contribution in [-0.4, -0.2) is 30.5 Å². The first-order chi connectivity index (χ1) is 12.1. The van der Waals surface area contributed by atoms with Gasteiger partial charge < -0.3 is 5.11 Å². The Balaban J connectivity index is 2.70. The molecule has 1 unspecified atom stereocenters. The van der Waals surface area contributed by atoms with Crippen molar-refractivity contribution in [2.45, 2.75) is 31.7 Å². The summed E-state index contributed by atoms with van der Waals surface area (Å²) in [6.07, 6.45) is 0. The molecule has 0 heterocycles. The Labute approximate surface area is 150 Å². The van der Waals surface area contributed by atoms with Gasteiger partial charge in [0.15, 0.2) is 0 Å². The second-order valence-corrected chi connectivity index (χ2v) is 7.67. The topological polar surface area (TPSA) is 118 Å². The molecule has 0 radical (unpaired) electrons. The van der Waals surface area contributed by atoms with Crippen LogP contribution >= 0.6 is 0 Å². The number of sulfonamides is 1. The molecule has 2 rings (SSSR count). The minimum absolute atomic E-state index is 0.206. The molecule has 0 aliphatic carbocycles. The maximum Gasteiger partial charge on any atom is 0.327 e. The molecule has 1 N–H and O–H groups in total. The van der Waals surface area contributed by atoms with E-state index in [1.165, 1.54) is 31.2 Å². The number of rotatable bonds is 6. The summed E-state index contributed by atoms with van der Waals surface area (Å²) in [4.78, 5) is 21.4. The van der Waals surface area contributed by atoms with E-state index >= 15 is 0 Å². The van der Waals surface area contributed by atoms with Crippen LogP contribution in [0.5, 0.6) is 0 Å². The molecule has 0 fully saturated rings. The molecule has 0 bridgehead atoms. The Morgan fingerprint density at radius 2 is 1.85 bits per heavy atom. The van der Waals surface area contributed by atoms with E-state index in [1.54, 1.807) is 19.1 Å². The predicted octanol–water partition coefficient (Wildman–Crippen LogP) is 2.88. The minimum Gasteiger partial charge on any atom is -0.480 e. The third-order valence-electron chi connectivity index (χ3n) is 3.88. The third-order valence-corrected chi connectivity index (χ3v) is 5.76. The van der Waals surface area contributed by atoms with E-state index in [0.29, 0.717) is 5.56 Å². The maximum absolute atomic E-state index is 13.1. The number of hydrogen-bond acceptors (Lipinski definition) is 5. The number of carboxylic acids is 1. The number of benzene rings is 2. The smallest absolute Gasteiger partial charge is 0.327 e. The number of aliphatic carboxylic acids is 1. The zero-order valence-electron chi connectivity index (χ0n) is 14.4. The van der Waals surface area contributed by atoms with Crippen LogP contribution in [0.4, 0.5) is 11.4 Å². The normalized spacial score (nSPS) is 12.4. The van der Waals surface area contributed by atoms with Crippen LogP contribution in [0.25, 0.3) is 0 Å². The Bertz CT molecular complexity index is 971. The number of non-ortho nitro benzene ring substituents is 1. The van der Waals surface area contributed by atoms with Crippen LogP contribution < -0.4 is 4.31 Å². The van der Waals surface area contributed by atoms with E-state index in [2.05, 4.69) is 0 Å². The lowest BCUT2D eigenvalue weighted by Gasteiger charge is -2.29. The van der Waals surface area contributed by atoms with E-state index in [9.17, 15) is 28.4 Å². The van der Waals surface area contributed by atoms with E-state index in [1.807, 2.05) is 6.92 Å². The average Bonchev–Trinajstić information content (AvgIpc) is 2.56. The quantitative estimate of drug-likeness (QED) is 0.610. The summed E-state index contributed by atoms with van der Waals surface area (Å²) in [6, 6.07) is 8.07. The standard InChI is InChI=1S/C17H18N2O6S/c1-11-7-8-16(12(2)9-11)18(13(3)17(20)21)26(24,25)15-6-4-5-14(10-15)19(22)23/h4-10,13H,1-3H3,(H,20,21). The summed E-state index contributed by atoms with van der Waals surface area (Å²) < 4.78 is 27.0. The molecule has 0 aromatic heterocycles. The summed E-state index contributed by atoms with van der Waals surface area (Å²) in [5.74, 6) is -1.33. The van der Waals surface area contributed by atoms with Gasteiger partial charge in [0.05, 0.1) is 15.5 Å². The molecule has 0 aliphatic rings. The Kier molecular flexibility index (Phi) is 5.31. The van der Waals surface area contributed by atoms with Gasteiger partial charge in [-0.05, 0) is 38.5 Å². The fourth-order valence-corrected chi connectivity index (χ4v) is 4.29. The summed E-state index contributed by atoms with van der Waals surface area (Å²) in [7, 11) is -4.34. The first-order valence-electron chi connectivity index (χ1n) is 7.64. The molecule has 26 heavy (non-hydrogen) atoms. The van der Waals surface area contributed by atoms with Crippen molar-refractivity contribution in [1.82, 2.24) is 0 Å². The highest BCUT2D eigenvalue weighted by molar-refractivity contribution is 7.93. The molecule has 9 heteroatoms. The fourth-order valence-electron chi connectivity index (χ4n) is 2.57. The summed E-state index contributed by atoms with van der Waals surface area (Å²) >= 11 is 0. The highest BCUT2D eigenvalue weighted by atomic mass is 32.2. The summed E-state index contributed by atoms with van der Waals surface area (Å²) in [5.41, 5.74) is 1.28. The zero-order valence-corrected chi connectivity index (χ0v) is 15.2. The largest absolute Gasteiger partial charge is 0.480 e.